The monoisotopic (exact) mass is 200 g/mol. The molecule has 0 saturated carbocycles. The maximum atomic E-state index is 9.60. The van der Waals surface area contributed by atoms with Crippen molar-refractivity contribution in [2.75, 3.05) is 0 Å². The Morgan fingerprint density at radius 3 is 2.53 bits per heavy atom. The van der Waals surface area contributed by atoms with Gasteiger partial charge in [-0.15, -0.1) is 0 Å². The highest BCUT2D eigenvalue weighted by atomic mass is 16.3. The normalized spacial score (nSPS) is 10.2. The van der Waals surface area contributed by atoms with E-state index in [0.717, 1.165) is 23.2 Å². The van der Waals surface area contributed by atoms with Crippen LogP contribution in [0.1, 0.15) is 12.5 Å². The first-order chi connectivity index (χ1) is 7.33. The highest BCUT2D eigenvalue weighted by Crippen LogP contribution is 2.25. The van der Waals surface area contributed by atoms with Gasteiger partial charge in [-0.25, -0.2) is 9.97 Å². The summed E-state index contributed by atoms with van der Waals surface area (Å²) in [5.41, 5.74) is 2.61. The van der Waals surface area contributed by atoms with E-state index >= 15 is 0 Å². The predicted octanol–water partition coefficient (Wildman–Crippen LogP) is 2.41. The highest BCUT2D eigenvalue weighted by molar-refractivity contribution is 5.64. The Bertz CT molecular complexity index is 454. The molecule has 0 aliphatic carbocycles. The van der Waals surface area contributed by atoms with E-state index < -0.39 is 0 Å². The molecule has 0 aliphatic rings. The van der Waals surface area contributed by atoms with Gasteiger partial charge in [-0.1, -0.05) is 37.3 Å². The van der Waals surface area contributed by atoms with Crippen molar-refractivity contribution in [1.82, 2.24) is 9.97 Å². The van der Waals surface area contributed by atoms with Gasteiger partial charge in [0.15, 0.2) is 0 Å². The Hall–Kier alpha value is -1.90. The molecule has 2 rings (SSSR count). The van der Waals surface area contributed by atoms with E-state index in [1.165, 1.54) is 6.33 Å². The molecule has 0 fully saturated rings. The summed E-state index contributed by atoms with van der Waals surface area (Å²) < 4.78 is 0. The van der Waals surface area contributed by atoms with Crippen molar-refractivity contribution in [2.45, 2.75) is 13.3 Å². The van der Waals surface area contributed by atoms with Gasteiger partial charge in [0.2, 0.25) is 5.88 Å². The van der Waals surface area contributed by atoms with Crippen molar-refractivity contribution in [3.8, 4) is 17.1 Å². The maximum absolute atomic E-state index is 9.60. The molecule has 0 radical (unpaired) electrons. The van der Waals surface area contributed by atoms with Gasteiger partial charge in [0.25, 0.3) is 0 Å². The molecule has 3 heteroatoms. The van der Waals surface area contributed by atoms with Gasteiger partial charge in [0.05, 0.1) is 5.69 Å². The number of aromatic hydroxyl groups is 1. The van der Waals surface area contributed by atoms with Crippen LogP contribution < -0.4 is 0 Å². The molecular formula is C12H12N2O. The van der Waals surface area contributed by atoms with Gasteiger partial charge in [0.1, 0.15) is 6.33 Å². The Labute approximate surface area is 88.5 Å². The van der Waals surface area contributed by atoms with Crippen LogP contribution in [-0.4, -0.2) is 15.1 Å². The van der Waals surface area contributed by atoms with Crippen LogP contribution in [0.4, 0.5) is 0 Å². The van der Waals surface area contributed by atoms with Crippen LogP contribution in [0.5, 0.6) is 5.88 Å². The number of rotatable bonds is 2. The number of hydrogen-bond acceptors (Lipinski definition) is 3. The lowest BCUT2D eigenvalue weighted by Gasteiger charge is -2.07. The molecular weight excluding hydrogens is 188 g/mol. The van der Waals surface area contributed by atoms with Gasteiger partial charge < -0.3 is 5.11 Å². The van der Waals surface area contributed by atoms with E-state index in [2.05, 4.69) is 9.97 Å². The summed E-state index contributed by atoms with van der Waals surface area (Å²) >= 11 is 0. The lowest BCUT2D eigenvalue weighted by molar-refractivity contribution is 0.445. The molecule has 15 heavy (non-hydrogen) atoms. The lowest BCUT2D eigenvalue weighted by Crippen LogP contribution is -1.94. The van der Waals surface area contributed by atoms with E-state index in [9.17, 15) is 5.11 Å². The summed E-state index contributed by atoms with van der Waals surface area (Å²) in [4.78, 5) is 7.99. The molecule has 0 spiro atoms. The van der Waals surface area contributed by atoms with Crippen molar-refractivity contribution >= 4 is 0 Å². The molecule has 0 atom stereocenters. The molecule has 1 aromatic heterocycles. The number of nitrogens with zero attached hydrogens (tertiary/aromatic N) is 2. The van der Waals surface area contributed by atoms with E-state index in [1.807, 2.05) is 37.3 Å². The van der Waals surface area contributed by atoms with Crippen molar-refractivity contribution in [2.24, 2.45) is 0 Å². The minimum absolute atomic E-state index is 0.0753. The van der Waals surface area contributed by atoms with Crippen LogP contribution in [0.2, 0.25) is 0 Å². The maximum Gasteiger partial charge on any atom is 0.217 e. The molecule has 1 N–H and O–H groups in total. The third kappa shape index (κ3) is 1.81. The Morgan fingerprint density at radius 2 is 1.87 bits per heavy atom. The summed E-state index contributed by atoms with van der Waals surface area (Å²) in [6, 6.07) is 9.81. The minimum atomic E-state index is 0.0753. The molecule has 2 aromatic rings. The van der Waals surface area contributed by atoms with E-state index in [0.29, 0.717) is 0 Å². The summed E-state index contributed by atoms with van der Waals surface area (Å²) in [6.45, 7) is 1.98. The van der Waals surface area contributed by atoms with E-state index in [-0.39, 0.29) is 5.88 Å². The SMILES string of the molecule is CCc1c(O)ncnc1-c1ccccc1. The molecule has 1 heterocycles. The molecule has 0 unspecified atom stereocenters. The fourth-order valence-electron chi connectivity index (χ4n) is 1.57. The summed E-state index contributed by atoms with van der Waals surface area (Å²) in [6.07, 6.45) is 2.10. The van der Waals surface area contributed by atoms with Gasteiger partial charge in [-0.3, -0.25) is 0 Å². The second kappa shape index (κ2) is 4.09. The average Bonchev–Trinajstić information content (AvgIpc) is 2.30. The Kier molecular flexibility index (Phi) is 2.63. The third-order valence-corrected chi connectivity index (χ3v) is 2.32. The third-order valence-electron chi connectivity index (χ3n) is 2.32. The molecule has 3 nitrogen and oxygen atoms in total. The van der Waals surface area contributed by atoms with Crippen LogP contribution >= 0.6 is 0 Å². The molecule has 1 aromatic carbocycles. The van der Waals surface area contributed by atoms with Crippen molar-refractivity contribution in [1.29, 1.82) is 0 Å². The summed E-state index contributed by atoms with van der Waals surface area (Å²) in [7, 11) is 0. The Morgan fingerprint density at radius 1 is 1.13 bits per heavy atom. The minimum Gasteiger partial charge on any atom is -0.493 e. The molecule has 0 saturated heterocycles. The predicted molar refractivity (Wildman–Crippen MR) is 58.5 cm³/mol. The highest BCUT2D eigenvalue weighted by Gasteiger charge is 2.09. The fraction of sp³-hybridized carbons (Fsp3) is 0.167. The first-order valence-corrected chi connectivity index (χ1v) is 4.91. The van der Waals surface area contributed by atoms with Crippen LogP contribution in [0, 0.1) is 0 Å². The number of aromatic nitrogens is 2. The number of benzene rings is 1. The van der Waals surface area contributed by atoms with Crippen LogP contribution in [0.25, 0.3) is 11.3 Å². The van der Waals surface area contributed by atoms with Gasteiger partial charge in [-0.05, 0) is 6.42 Å². The second-order valence-corrected chi connectivity index (χ2v) is 3.24. The average molecular weight is 200 g/mol. The smallest absolute Gasteiger partial charge is 0.217 e. The van der Waals surface area contributed by atoms with Gasteiger partial charge in [-0.2, -0.15) is 0 Å². The lowest BCUT2D eigenvalue weighted by atomic mass is 10.1. The summed E-state index contributed by atoms with van der Waals surface area (Å²) in [5, 5.41) is 9.60. The first kappa shape index (κ1) is 9.65. The quantitative estimate of drug-likeness (QED) is 0.809. The van der Waals surface area contributed by atoms with Crippen LogP contribution in [-0.2, 0) is 6.42 Å². The van der Waals surface area contributed by atoms with Gasteiger partial charge in [0, 0.05) is 11.1 Å². The first-order valence-electron chi connectivity index (χ1n) is 4.91. The molecule has 76 valence electrons. The molecule has 0 amide bonds. The zero-order valence-corrected chi connectivity index (χ0v) is 8.51. The van der Waals surface area contributed by atoms with Crippen molar-refractivity contribution in [3.63, 3.8) is 0 Å². The zero-order valence-electron chi connectivity index (χ0n) is 8.51. The number of hydrogen-bond donors (Lipinski definition) is 1. The Balaban J connectivity index is 2.58. The summed E-state index contributed by atoms with van der Waals surface area (Å²) in [5.74, 6) is 0.0753. The largest absolute Gasteiger partial charge is 0.493 e. The van der Waals surface area contributed by atoms with E-state index in [4.69, 9.17) is 0 Å². The molecule has 0 bridgehead atoms. The van der Waals surface area contributed by atoms with Crippen LogP contribution in [0.15, 0.2) is 36.7 Å². The van der Waals surface area contributed by atoms with Gasteiger partial charge >= 0.3 is 0 Å². The molecule has 0 aliphatic heterocycles. The second-order valence-electron chi connectivity index (χ2n) is 3.24. The standard InChI is InChI=1S/C12H12N2O/c1-2-10-11(13-8-14-12(10)15)9-6-4-3-5-7-9/h3-8H,2H2,1H3,(H,13,14,15). The fourth-order valence-corrected chi connectivity index (χ4v) is 1.57. The zero-order chi connectivity index (χ0) is 10.7. The van der Waals surface area contributed by atoms with Crippen LogP contribution in [0.3, 0.4) is 0 Å². The van der Waals surface area contributed by atoms with E-state index in [1.54, 1.807) is 0 Å². The van der Waals surface area contributed by atoms with Crippen molar-refractivity contribution < 1.29 is 5.11 Å². The topological polar surface area (TPSA) is 46.0 Å². The van der Waals surface area contributed by atoms with Crippen molar-refractivity contribution in [3.05, 3.63) is 42.2 Å².